The Morgan fingerprint density at radius 3 is 2.21 bits per heavy atom. The molecule has 0 amide bonds. The fourth-order valence-corrected chi connectivity index (χ4v) is 4.18. The predicted molar refractivity (Wildman–Crippen MR) is 137 cm³/mol. The van der Waals surface area contributed by atoms with Gasteiger partial charge >= 0.3 is 0 Å². The van der Waals surface area contributed by atoms with Gasteiger partial charge in [-0.1, -0.05) is 54.6 Å². The fourth-order valence-electron chi connectivity index (χ4n) is 4.18. The van der Waals surface area contributed by atoms with Crippen LogP contribution in [0, 0.1) is 0 Å². The number of nitrogens with one attached hydrogen (secondary N) is 2. The number of benzene rings is 4. The van der Waals surface area contributed by atoms with E-state index < -0.39 is 0 Å². The Labute approximate surface area is 196 Å². The first-order chi connectivity index (χ1) is 16.7. The van der Waals surface area contributed by atoms with Gasteiger partial charge < -0.3 is 20.1 Å². The maximum Gasteiger partial charge on any atom is 0.199 e. The highest BCUT2D eigenvalue weighted by Crippen LogP contribution is 2.39. The van der Waals surface area contributed by atoms with Gasteiger partial charge in [0.2, 0.25) is 0 Å². The fraction of sp³-hybridized carbons (Fsp3) is 0. The second kappa shape index (κ2) is 8.30. The van der Waals surface area contributed by atoms with E-state index in [9.17, 15) is 5.11 Å². The summed E-state index contributed by atoms with van der Waals surface area (Å²) in [6.45, 7) is 0. The highest BCUT2D eigenvalue weighted by molar-refractivity contribution is 6.02. The van der Waals surface area contributed by atoms with Crippen molar-refractivity contribution in [3.8, 4) is 28.6 Å². The minimum absolute atomic E-state index is 0.109. The van der Waals surface area contributed by atoms with Gasteiger partial charge in [0.15, 0.2) is 5.88 Å². The number of H-pyrrole nitrogens is 1. The number of hydrogen-bond acceptors (Lipinski definition) is 4. The number of nitrogens with zero attached hydrogens (tertiary/aromatic N) is 1. The maximum atomic E-state index is 10.7. The van der Waals surface area contributed by atoms with Gasteiger partial charge in [0, 0.05) is 22.0 Å². The third kappa shape index (κ3) is 3.69. The van der Waals surface area contributed by atoms with E-state index in [1.165, 1.54) is 0 Å². The number of rotatable bonds is 5. The molecule has 6 rings (SSSR count). The SMILES string of the molecule is Oc1[nH]c2ccccc2c1-c1cc(Nc2ccc(Oc3ccccc3)cc2)c2ccccc2n1. The van der Waals surface area contributed by atoms with Crippen molar-refractivity contribution in [1.82, 2.24) is 9.97 Å². The summed E-state index contributed by atoms with van der Waals surface area (Å²) in [5.74, 6) is 1.67. The lowest BCUT2D eigenvalue weighted by Crippen LogP contribution is -1.95. The summed E-state index contributed by atoms with van der Waals surface area (Å²) in [5, 5.41) is 16.1. The summed E-state index contributed by atoms with van der Waals surface area (Å²) in [6.07, 6.45) is 0. The summed E-state index contributed by atoms with van der Waals surface area (Å²) in [6, 6.07) is 35.3. The van der Waals surface area contributed by atoms with Crippen molar-refractivity contribution in [3.05, 3.63) is 109 Å². The van der Waals surface area contributed by atoms with Gasteiger partial charge in [-0.05, 0) is 54.6 Å². The Morgan fingerprint density at radius 2 is 1.38 bits per heavy atom. The number of para-hydroxylation sites is 3. The molecule has 0 radical (unpaired) electrons. The van der Waals surface area contributed by atoms with E-state index in [1.54, 1.807) is 0 Å². The quantitative estimate of drug-likeness (QED) is 0.256. The lowest BCUT2D eigenvalue weighted by atomic mass is 10.1. The zero-order chi connectivity index (χ0) is 22.9. The monoisotopic (exact) mass is 443 g/mol. The molecule has 0 aliphatic rings. The number of aromatic nitrogens is 2. The van der Waals surface area contributed by atoms with Crippen LogP contribution in [0.2, 0.25) is 0 Å². The van der Waals surface area contributed by atoms with Gasteiger partial charge in [0.25, 0.3) is 0 Å². The van der Waals surface area contributed by atoms with Crippen LogP contribution in [0.15, 0.2) is 109 Å². The molecule has 164 valence electrons. The highest BCUT2D eigenvalue weighted by atomic mass is 16.5. The van der Waals surface area contributed by atoms with Crippen molar-refractivity contribution in [2.24, 2.45) is 0 Å². The van der Waals surface area contributed by atoms with Crippen molar-refractivity contribution < 1.29 is 9.84 Å². The molecule has 0 spiro atoms. The first-order valence-corrected chi connectivity index (χ1v) is 11.0. The van der Waals surface area contributed by atoms with Gasteiger partial charge in [-0.25, -0.2) is 4.98 Å². The lowest BCUT2D eigenvalue weighted by Gasteiger charge is -2.13. The molecule has 3 N–H and O–H groups in total. The molecule has 0 saturated carbocycles. The zero-order valence-electron chi connectivity index (χ0n) is 18.2. The van der Waals surface area contributed by atoms with Crippen LogP contribution in [0.4, 0.5) is 11.4 Å². The van der Waals surface area contributed by atoms with Crippen molar-refractivity contribution in [3.63, 3.8) is 0 Å². The first kappa shape index (κ1) is 19.9. The molecule has 4 aromatic carbocycles. The molecule has 0 saturated heterocycles. The summed E-state index contributed by atoms with van der Waals surface area (Å²) in [5.41, 5.74) is 4.92. The van der Waals surface area contributed by atoms with E-state index in [1.807, 2.05) is 109 Å². The minimum Gasteiger partial charge on any atom is -0.494 e. The third-order valence-corrected chi connectivity index (χ3v) is 5.77. The van der Waals surface area contributed by atoms with Gasteiger partial charge in [-0.15, -0.1) is 0 Å². The van der Waals surface area contributed by atoms with Crippen molar-refractivity contribution in [2.75, 3.05) is 5.32 Å². The molecule has 6 aromatic rings. The van der Waals surface area contributed by atoms with Crippen LogP contribution in [0.5, 0.6) is 17.4 Å². The molecule has 0 bridgehead atoms. The predicted octanol–water partition coefficient (Wildman–Crippen LogP) is 7.62. The first-order valence-electron chi connectivity index (χ1n) is 11.0. The summed E-state index contributed by atoms with van der Waals surface area (Å²) >= 11 is 0. The Hall–Kier alpha value is -4.77. The number of hydrogen-bond donors (Lipinski definition) is 3. The topological polar surface area (TPSA) is 70.2 Å². The van der Waals surface area contributed by atoms with Crippen LogP contribution in [0.1, 0.15) is 0 Å². The lowest BCUT2D eigenvalue weighted by molar-refractivity contribution is 0.460. The van der Waals surface area contributed by atoms with Gasteiger partial charge in [-0.3, -0.25) is 0 Å². The molecule has 2 aromatic heterocycles. The molecule has 0 atom stereocenters. The van der Waals surface area contributed by atoms with Crippen LogP contribution in [0.3, 0.4) is 0 Å². The number of fused-ring (bicyclic) bond motifs is 2. The van der Waals surface area contributed by atoms with Crippen molar-refractivity contribution >= 4 is 33.2 Å². The summed E-state index contributed by atoms with van der Waals surface area (Å²) in [4.78, 5) is 7.90. The van der Waals surface area contributed by atoms with Crippen molar-refractivity contribution in [1.29, 1.82) is 0 Å². The normalized spacial score (nSPS) is 11.1. The van der Waals surface area contributed by atoms with E-state index in [-0.39, 0.29) is 5.88 Å². The Bertz CT molecular complexity index is 1610. The number of anilines is 2. The molecule has 0 aliphatic heterocycles. The smallest absolute Gasteiger partial charge is 0.199 e. The van der Waals surface area contributed by atoms with Crippen molar-refractivity contribution in [2.45, 2.75) is 0 Å². The Balaban J connectivity index is 1.38. The van der Waals surface area contributed by atoms with Crippen LogP contribution >= 0.6 is 0 Å². The number of ether oxygens (including phenoxy) is 1. The van der Waals surface area contributed by atoms with Crippen LogP contribution < -0.4 is 10.1 Å². The standard InChI is InChI=1S/C29H21N3O2/c33-29-28(23-11-5-7-13-25(23)32-29)27-18-26(22-10-4-6-12-24(22)31-27)30-19-14-16-21(17-15-19)34-20-8-2-1-3-9-20/h1-18,32-33H,(H,30,31). The Kier molecular flexibility index (Phi) is 4.85. The maximum absolute atomic E-state index is 10.7. The minimum atomic E-state index is 0.109. The van der Waals surface area contributed by atoms with E-state index >= 15 is 0 Å². The zero-order valence-corrected chi connectivity index (χ0v) is 18.2. The van der Waals surface area contributed by atoms with E-state index in [4.69, 9.17) is 9.72 Å². The number of aromatic amines is 1. The average molecular weight is 444 g/mol. The summed E-state index contributed by atoms with van der Waals surface area (Å²) < 4.78 is 5.91. The average Bonchev–Trinajstić information content (AvgIpc) is 3.21. The Morgan fingerprint density at radius 1 is 0.706 bits per heavy atom. The van der Waals surface area contributed by atoms with Gasteiger partial charge in [0.1, 0.15) is 11.5 Å². The molecular formula is C29H21N3O2. The molecule has 5 nitrogen and oxygen atoms in total. The van der Waals surface area contributed by atoms with E-state index in [0.29, 0.717) is 11.3 Å². The molecule has 2 heterocycles. The molecule has 0 aliphatic carbocycles. The van der Waals surface area contributed by atoms with E-state index in [2.05, 4.69) is 10.3 Å². The number of pyridine rings is 1. The molecular weight excluding hydrogens is 422 g/mol. The van der Waals surface area contributed by atoms with Gasteiger partial charge in [0.05, 0.1) is 22.5 Å². The van der Waals surface area contributed by atoms with E-state index in [0.717, 1.165) is 44.7 Å². The molecule has 5 heteroatoms. The van der Waals surface area contributed by atoms with Gasteiger partial charge in [-0.2, -0.15) is 0 Å². The van der Waals surface area contributed by atoms with Crippen LogP contribution in [-0.4, -0.2) is 15.1 Å². The van der Waals surface area contributed by atoms with Crippen LogP contribution in [0.25, 0.3) is 33.1 Å². The molecule has 0 unspecified atom stereocenters. The second-order valence-corrected chi connectivity index (χ2v) is 8.03. The largest absolute Gasteiger partial charge is 0.494 e. The molecule has 0 fully saturated rings. The summed E-state index contributed by atoms with van der Waals surface area (Å²) in [7, 11) is 0. The highest BCUT2D eigenvalue weighted by Gasteiger charge is 2.16. The second-order valence-electron chi connectivity index (χ2n) is 8.03. The third-order valence-electron chi connectivity index (χ3n) is 5.77. The van der Waals surface area contributed by atoms with Crippen LogP contribution in [-0.2, 0) is 0 Å². The molecule has 34 heavy (non-hydrogen) atoms. The number of aromatic hydroxyl groups is 1.